The van der Waals surface area contributed by atoms with Crippen molar-refractivity contribution < 1.29 is 18.4 Å². The Morgan fingerprint density at radius 3 is 2.49 bits per heavy atom. The molecule has 0 spiro atoms. The molecular formula is C27H33FN4O3. The number of ether oxygens (including phenoxy) is 1. The number of nitrogens with zero attached hydrogens (tertiary/aromatic N) is 3. The van der Waals surface area contributed by atoms with E-state index in [1.807, 2.05) is 26.8 Å². The van der Waals surface area contributed by atoms with E-state index >= 15 is 0 Å². The highest BCUT2D eigenvalue weighted by atomic mass is 19.1. The standard InChI is InChI=1S/C27H33FN4O3/c1-5-31-12-14-32(15-13-31)26-11-8-22(28)16-24(26)18(2)29-27(33)21-6-9-23(10-7-21)34-17-25-19(3)30-35-20(25)4/h6-11,16,18H,5,12-15,17H2,1-4H3,(H,29,33). The smallest absolute Gasteiger partial charge is 0.251 e. The number of hydrogen-bond donors (Lipinski definition) is 1. The third-order valence-corrected chi connectivity index (χ3v) is 6.64. The summed E-state index contributed by atoms with van der Waals surface area (Å²) in [4.78, 5) is 17.6. The molecule has 0 saturated carbocycles. The van der Waals surface area contributed by atoms with Gasteiger partial charge in [-0.2, -0.15) is 0 Å². The number of rotatable bonds is 8. The molecule has 4 rings (SSSR count). The topological polar surface area (TPSA) is 70.8 Å². The van der Waals surface area contributed by atoms with E-state index in [0.717, 1.165) is 61.0 Å². The minimum Gasteiger partial charge on any atom is -0.489 e. The van der Waals surface area contributed by atoms with E-state index in [9.17, 15) is 9.18 Å². The number of aryl methyl sites for hydroxylation is 2. The van der Waals surface area contributed by atoms with Crippen molar-refractivity contribution in [1.29, 1.82) is 0 Å². The van der Waals surface area contributed by atoms with Gasteiger partial charge in [0.15, 0.2) is 0 Å². The molecule has 186 valence electrons. The zero-order valence-electron chi connectivity index (χ0n) is 20.8. The molecule has 0 bridgehead atoms. The first-order valence-electron chi connectivity index (χ1n) is 12.1. The third-order valence-electron chi connectivity index (χ3n) is 6.64. The fraction of sp³-hybridized carbons (Fsp3) is 0.407. The van der Waals surface area contributed by atoms with Gasteiger partial charge >= 0.3 is 0 Å². The van der Waals surface area contributed by atoms with Crippen LogP contribution in [-0.4, -0.2) is 48.7 Å². The van der Waals surface area contributed by atoms with Gasteiger partial charge in [-0.1, -0.05) is 12.1 Å². The van der Waals surface area contributed by atoms with Crippen molar-refractivity contribution >= 4 is 11.6 Å². The summed E-state index contributed by atoms with van der Waals surface area (Å²) in [6.45, 7) is 12.8. The van der Waals surface area contributed by atoms with Crippen molar-refractivity contribution in [3.8, 4) is 5.75 Å². The van der Waals surface area contributed by atoms with Crippen LogP contribution in [0, 0.1) is 19.7 Å². The van der Waals surface area contributed by atoms with Crippen LogP contribution in [0.1, 0.15) is 52.8 Å². The first-order valence-corrected chi connectivity index (χ1v) is 12.1. The summed E-state index contributed by atoms with van der Waals surface area (Å²) < 4.78 is 25.1. The normalized spacial score (nSPS) is 15.2. The van der Waals surface area contributed by atoms with Gasteiger partial charge in [0.25, 0.3) is 5.91 Å². The van der Waals surface area contributed by atoms with Crippen LogP contribution >= 0.6 is 0 Å². The molecule has 1 aromatic heterocycles. The van der Waals surface area contributed by atoms with Crippen LogP contribution in [-0.2, 0) is 6.61 Å². The fourth-order valence-electron chi connectivity index (χ4n) is 4.39. The number of anilines is 1. The average molecular weight is 481 g/mol. The van der Waals surface area contributed by atoms with E-state index in [2.05, 4.69) is 27.2 Å². The first-order chi connectivity index (χ1) is 16.9. The molecule has 1 N–H and O–H groups in total. The number of carbonyl (C=O) groups is 1. The second kappa shape index (κ2) is 10.9. The van der Waals surface area contributed by atoms with E-state index in [4.69, 9.17) is 9.26 Å². The van der Waals surface area contributed by atoms with Crippen molar-refractivity contribution in [2.75, 3.05) is 37.6 Å². The maximum atomic E-state index is 14.2. The van der Waals surface area contributed by atoms with E-state index in [0.29, 0.717) is 17.9 Å². The summed E-state index contributed by atoms with van der Waals surface area (Å²) in [5, 5.41) is 6.95. The Balaban J connectivity index is 1.40. The predicted molar refractivity (Wildman–Crippen MR) is 133 cm³/mol. The molecule has 1 aliphatic heterocycles. The molecule has 2 aromatic carbocycles. The van der Waals surface area contributed by atoms with Crippen LogP contribution < -0.4 is 15.0 Å². The number of hydrogen-bond acceptors (Lipinski definition) is 6. The molecule has 8 heteroatoms. The number of nitrogens with one attached hydrogen (secondary N) is 1. The molecular weight excluding hydrogens is 447 g/mol. The highest BCUT2D eigenvalue weighted by Gasteiger charge is 2.22. The first kappa shape index (κ1) is 24.7. The number of piperazine rings is 1. The fourth-order valence-corrected chi connectivity index (χ4v) is 4.39. The van der Waals surface area contributed by atoms with Crippen LogP contribution in [0.4, 0.5) is 10.1 Å². The second-order valence-electron chi connectivity index (χ2n) is 8.94. The zero-order chi connectivity index (χ0) is 24.9. The molecule has 1 amide bonds. The summed E-state index contributed by atoms with van der Waals surface area (Å²) >= 11 is 0. The number of likely N-dealkylation sites (N-methyl/N-ethyl adjacent to an activating group) is 1. The van der Waals surface area contributed by atoms with Crippen molar-refractivity contribution in [2.45, 2.75) is 40.3 Å². The monoisotopic (exact) mass is 480 g/mol. The van der Waals surface area contributed by atoms with Gasteiger partial charge in [-0.05, 0) is 69.8 Å². The summed E-state index contributed by atoms with van der Waals surface area (Å²) in [6.07, 6.45) is 0. The quantitative estimate of drug-likeness (QED) is 0.506. The van der Waals surface area contributed by atoms with Gasteiger partial charge in [0, 0.05) is 43.0 Å². The Labute approximate surface area is 205 Å². The third kappa shape index (κ3) is 5.82. The van der Waals surface area contributed by atoms with E-state index < -0.39 is 0 Å². The molecule has 1 unspecified atom stereocenters. The summed E-state index contributed by atoms with van der Waals surface area (Å²) in [6, 6.07) is 11.5. The predicted octanol–water partition coefficient (Wildman–Crippen LogP) is 4.64. The van der Waals surface area contributed by atoms with Gasteiger partial charge in [0.05, 0.1) is 17.3 Å². The molecule has 1 fully saturated rings. The highest BCUT2D eigenvalue weighted by molar-refractivity contribution is 5.94. The molecule has 3 aromatic rings. The molecule has 7 nitrogen and oxygen atoms in total. The molecule has 1 atom stereocenters. The molecule has 0 radical (unpaired) electrons. The highest BCUT2D eigenvalue weighted by Crippen LogP contribution is 2.29. The summed E-state index contributed by atoms with van der Waals surface area (Å²) in [5.41, 5.74) is 3.98. The second-order valence-corrected chi connectivity index (χ2v) is 8.94. The Kier molecular flexibility index (Phi) is 7.70. The molecule has 1 aliphatic rings. The van der Waals surface area contributed by atoms with Crippen LogP contribution in [0.25, 0.3) is 0 Å². The van der Waals surface area contributed by atoms with E-state index in [1.54, 1.807) is 24.3 Å². The van der Waals surface area contributed by atoms with Crippen molar-refractivity contribution in [3.05, 3.63) is 76.4 Å². The number of halogens is 1. The lowest BCUT2D eigenvalue weighted by atomic mass is 10.0. The molecule has 1 saturated heterocycles. The average Bonchev–Trinajstić information content (AvgIpc) is 3.19. The zero-order valence-corrected chi connectivity index (χ0v) is 20.8. The van der Waals surface area contributed by atoms with Crippen molar-refractivity contribution in [3.63, 3.8) is 0 Å². The van der Waals surface area contributed by atoms with Crippen LogP contribution in [0.2, 0.25) is 0 Å². The lowest BCUT2D eigenvalue weighted by Crippen LogP contribution is -2.46. The van der Waals surface area contributed by atoms with Gasteiger partial charge in [-0.3, -0.25) is 4.79 Å². The van der Waals surface area contributed by atoms with Gasteiger partial charge < -0.3 is 24.4 Å². The molecule has 35 heavy (non-hydrogen) atoms. The SMILES string of the molecule is CCN1CCN(c2ccc(F)cc2C(C)NC(=O)c2ccc(OCc3c(C)noc3C)cc2)CC1. The largest absolute Gasteiger partial charge is 0.489 e. The number of amides is 1. The minimum atomic E-state index is -0.354. The van der Waals surface area contributed by atoms with Gasteiger partial charge in [0.2, 0.25) is 0 Å². The Bertz CT molecular complexity index is 1130. The lowest BCUT2D eigenvalue weighted by Gasteiger charge is -2.37. The van der Waals surface area contributed by atoms with Gasteiger partial charge in [-0.25, -0.2) is 4.39 Å². The van der Waals surface area contributed by atoms with Crippen LogP contribution in [0.15, 0.2) is 47.0 Å². The summed E-state index contributed by atoms with van der Waals surface area (Å²) in [7, 11) is 0. The van der Waals surface area contributed by atoms with E-state index in [-0.39, 0.29) is 17.8 Å². The molecule has 0 aliphatic carbocycles. The number of carbonyl (C=O) groups excluding carboxylic acids is 1. The summed E-state index contributed by atoms with van der Waals surface area (Å²) in [5.74, 6) is 0.849. The lowest BCUT2D eigenvalue weighted by molar-refractivity contribution is 0.0940. The molecule has 2 heterocycles. The maximum absolute atomic E-state index is 14.2. The van der Waals surface area contributed by atoms with Gasteiger partial charge in [0.1, 0.15) is 23.9 Å². The Morgan fingerprint density at radius 1 is 1.14 bits per heavy atom. The number of aromatic nitrogens is 1. The van der Waals surface area contributed by atoms with Crippen molar-refractivity contribution in [1.82, 2.24) is 15.4 Å². The van der Waals surface area contributed by atoms with Crippen LogP contribution in [0.3, 0.4) is 0 Å². The Hall–Kier alpha value is -3.39. The van der Waals surface area contributed by atoms with Crippen LogP contribution in [0.5, 0.6) is 5.75 Å². The van der Waals surface area contributed by atoms with Gasteiger partial charge in [-0.15, -0.1) is 0 Å². The van der Waals surface area contributed by atoms with E-state index in [1.165, 1.54) is 12.1 Å². The maximum Gasteiger partial charge on any atom is 0.251 e. The Morgan fingerprint density at radius 2 is 1.86 bits per heavy atom. The minimum absolute atomic E-state index is 0.221. The van der Waals surface area contributed by atoms with Crippen molar-refractivity contribution in [2.24, 2.45) is 0 Å². The number of benzene rings is 2.